The van der Waals surface area contributed by atoms with Crippen LogP contribution in [0.15, 0.2) is 18.7 Å². The number of halogens is 2. The van der Waals surface area contributed by atoms with Crippen molar-refractivity contribution in [2.75, 3.05) is 13.2 Å². The zero-order chi connectivity index (χ0) is 22.6. The Labute approximate surface area is 202 Å². The van der Waals surface area contributed by atoms with Crippen LogP contribution < -0.4 is 4.74 Å². The summed E-state index contributed by atoms with van der Waals surface area (Å²) in [7, 11) is -1.93. The Morgan fingerprint density at radius 1 is 1.26 bits per heavy atom. The normalized spacial score (nSPS) is 26.4. The first-order valence-electron chi connectivity index (χ1n) is 10.4. The predicted octanol–water partition coefficient (Wildman–Crippen LogP) is 4.81. The fourth-order valence-corrected chi connectivity index (χ4v) is 5.54. The van der Waals surface area contributed by atoms with Crippen molar-refractivity contribution in [3.8, 4) is 6.01 Å². The van der Waals surface area contributed by atoms with Crippen LogP contribution in [0, 0.1) is 3.70 Å². The average Bonchev–Trinajstić information content (AvgIpc) is 3.33. The third-order valence-electron chi connectivity index (χ3n) is 6.40. The Bertz CT molecular complexity index is 993. The SMILES string of the molecule is C=CCn1c(O[C@@H]2CO[C@@H]3[C@H]2OC[C@H]3O[Si](C)(C)C(C)(C)C)nc2nc(I)c(Cl)cc21. The summed E-state index contributed by atoms with van der Waals surface area (Å²) in [6.45, 7) is 16.5. The molecule has 10 heteroatoms. The van der Waals surface area contributed by atoms with Crippen molar-refractivity contribution < 1.29 is 18.6 Å². The molecule has 4 heterocycles. The second-order valence-corrected chi connectivity index (χ2v) is 15.8. The van der Waals surface area contributed by atoms with Crippen LogP contribution in [-0.2, 0) is 20.4 Å². The quantitative estimate of drug-likeness (QED) is 0.212. The highest BCUT2D eigenvalue weighted by atomic mass is 127. The molecule has 0 amide bonds. The molecule has 0 aromatic carbocycles. The topological polar surface area (TPSA) is 67.6 Å². The molecule has 4 rings (SSSR count). The molecule has 0 bridgehead atoms. The lowest BCUT2D eigenvalue weighted by Gasteiger charge is -2.39. The van der Waals surface area contributed by atoms with Crippen LogP contribution in [0.25, 0.3) is 11.2 Å². The molecule has 2 aliphatic rings. The van der Waals surface area contributed by atoms with E-state index in [1.165, 1.54) is 0 Å². The van der Waals surface area contributed by atoms with E-state index in [0.717, 1.165) is 5.52 Å². The summed E-state index contributed by atoms with van der Waals surface area (Å²) < 4.78 is 27.7. The smallest absolute Gasteiger partial charge is 0.299 e. The van der Waals surface area contributed by atoms with Crippen molar-refractivity contribution in [2.24, 2.45) is 0 Å². The summed E-state index contributed by atoms with van der Waals surface area (Å²) >= 11 is 8.38. The Morgan fingerprint density at radius 2 is 1.90 bits per heavy atom. The first kappa shape index (κ1) is 23.4. The molecule has 0 radical (unpaired) electrons. The molecule has 170 valence electrons. The maximum Gasteiger partial charge on any atom is 0.299 e. The lowest BCUT2D eigenvalue weighted by atomic mass is 10.1. The minimum absolute atomic E-state index is 0.0754. The molecule has 0 spiro atoms. The highest BCUT2D eigenvalue weighted by molar-refractivity contribution is 14.1. The van der Waals surface area contributed by atoms with Crippen LogP contribution in [0.5, 0.6) is 6.01 Å². The molecule has 2 aromatic heterocycles. The van der Waals surface area contributed by atoms with Crippen LogP contribution in [0.4, 0.5) is 0 Å². The molecule has 0 unspecified atom stereocenters. The number of hydrogen-bond acceptors (Lipinski definition) is 6. The van der Waals surface area contributed by atoms with Gasteiger partial charge in [-0.2, -0.15) is 4.98 Å². The van der Waals surface area contributed by atoms with Crippen LogP contribution in [-0.4, -0.2) is 60.5 Å². The monoisotopic (exact) mass is 577 g/mol. The van der Waals surface area contributed by atoms with E-state index < -0.39 is 8.32 Å². The highest BCUT2D eigenvalue weighted by Gasteiger charge is 2.52. The summed E-state index contributed by atoms with van der Waals surface area (Å²) in [6.07, 6.45) is 1.12. The van der Waals surface area contributed by atoms with Crippen molar-refractivity contribution in [2.45, 2.75) is 69.9 Å². The number of ether oxygens (including phenoxy) is 3. The molecule has 0 N–H and O–H groups in total. The van der Waals surface area contributed by atoms with Crippen molar-refractivity contribution in [1.82, 2.24) is 14.5 Å². The van der Waals surface area contributed by atoms with Gasteiger partial charge in [-0.3, -0.25) is 4.57 Å². The summed E-state index contributed by atoms with van der Waals surface area (Å²) in [4.78, 5) is 9.09. The fraction of sp³-hybridized carbons (Fsp3) is 0.619. The van der Waals surface area contributed by atoms with E-state index in [9.17, 15) is 0 Å². The molecule has 0 aliphatic carbocycles. The third kappa shape index (κ3) is 4.41. The van der Waals surface area contributed by atoms with Crippen molar-refractivity contribution >= 4 is 53.7 Å². The molecule has 7 nitrogen and oxygen atoms in total. The van der Waals surface area contributed by atoms with E-state index in [0.29, 0.717) is 40.1 Å². The number of pyridine rings is 1. The number of rotatable bonds is 6. The van der Waals surface area contributed by atoms with Crippen LogP contribution in [0.2, 0.25) is 23.2 Å². The molecular weight excluding hydrogens is 549 g/mol. The van der Waals surface area contributed by atoms with Crippen molar-refractivity contribution in [3.63, 3.8) is 0 Å². The Hall–Kier alpha value is -0.723. The number of aromatic nitrogens is 3. The van der Waals surface area contributed by atoms with Gasteiger partial charge in [-0.15, -0.1) is 6.58 Å². The van der Waals surface area contributed by atoms with Gasteiger partial charge in [0.15, 0.2) is 20.1 Å². The fourth-order valence-electron chi connectivity index (χ4n) is 3.70. The number of fused-ring (bicyclic) bond motifs is 2. The Kier molecular flexibility index (Phi) is 6.48. The molecule has 2 aromatic rings. The van der Waals surface area contributed by atoms with E-state index >= 15 is 0 Å². The molecule has 0 saturated carbocycles. The summed E-state index contributed by atoms with van der Waals surface area (Å²) in [5.41, 5.74) is 1.40. The summed E-state index contributed by atoms with van der Waals surface area (Å²) in [5, 5.41) is 0.708. The first-order valence-corrected chi connectivity index (χ1v) is 14.8. The van der Waals surface area contributed by atoms with Gasteiger partial charge in [0, 0.05) is 6.54 Å². The zero-order valence-electron chi connectivity index (χ0n) is 18.5. The second-order valence-electron chi connectivity index (χ2n) is 9.57. The van der Waals surface area contributed by atoms with Crippen LogP contribution in [0.1, 0.15) is 20.8 Å². The van der Waals surface area contributed by atoms with E-state index in [1.807, 2.05) is 10.6 Å². The van der Waals surface area contributed by atoms with E-state index in [4.69, 9.17) is 30.2 Å². The van der Waals surface area contributed by atoms with Crippen molar-refractivity contribution in [1.29, 1.82) is 0 Å². The molecule has 2 fully saturated rings. The highest BCUT2D eigenvalue weighted by Crippen LogP contribution is 2.40. The van der Waals surface area contributed by atoms with Crippen molar-refractivity contribution in [3.05, 3.63) is 27.4 Å². The predicted molar refractivity (Wildman–Crippen MR) is 131 cm³/mol. The summed E-state index contributed by atoms with van der Waals surface area (Å²) in [6, 6.07) is 2.32. The maximum atomic E-state index is 6.59. The Balaban J connectivity index is 1.54. The number of allylic oxidation sites excluding steroid dienone is 1. The lowest BCUT2D eigenvalue weighted by Crippen LogP contribution is -2.47. The van der Waals surface area contributed by atoms with Gasteiger partial charge >= 0.3 is 0 Å². The minimum atomic E-state index is -1.93. The standard InChI is InChI=1S/C21H29ClIN3O4Si/c1-7-8-26-13-9-12(22)18(23)24-19(13)25-20(26)29-14-10-27-17-15(11-28-16(14)17)30-31(5,6)21(2,3)4/h7,9,14-17H,1,8,10-11H2,2-6H3/t14-,15-,16+,17+/m1/s1. The van der Waals surface area contributed by atoms with Crippen LogP contribution >= 0.6 is 34.2 Å². The molecule has 2 saturated heterocycles. The number of hydrogen-bond donors (Lipinski definition) is 0. The number of nitrogens with zero attached hydrogens (tertiary/aromatic N) is 3. The van der Waals surface area contributed by atoms with E-state index in [-0.39, 0.29) is 29.5 Å². The first-order chi connectivity index (χ1) is 14.5. The van der Waals surface area contributed by atoms with E-state index in [1.54, 1.807) is 6.08 Å². The van der Waals surface area contributed by atoms with Gasteiger partial charge in [0.25, 0.3) is 6.01 Å². The van der Waals surface area contributed by atoms with Gasteiger partial charge in [0.05, 0.1) is 29.9 Å². The van der Waals surface area contributed by atoms with Crippen LogP contribution in [0.3, 0.4) is 0 Å². The van der Waals surface area contributed by atoms with Gasteiger partial charge in [-0.1, -0.05) is 38.4 Å². The largest absolute Gasteiger partial charge is 0.456 e. The minimum Gasteiger partial charge on any atom is -0.456 e. The molecule has 4 atom stereocenters. The van der Waals surface area contributed by atoms with Gasteiger partial charge in [0.2, 0.25) is 0 Å². The maximum absolute atomic E-state index is 6.59. The Morgan fingerprint density at radius 3 is 2.55 bits per heavy atom. The average molecular weight is 578 g/mol. The number of imidazole rings is 1. The molecule has 2 aliphatic heterocycles. The lowest BCUT2D eigenvalue weighted by molar-refractivity contribution is 0.0105. The third-order valence-corrected chi connectivity index (χ3v) is 12.3. The van der Waals surface area contributed by atoms with E-state index in [2.05, 4.69) is 73.0 Å². The van der Waals surface area contributed by atoms with Gasteiger partial charge in [-0.25, -0.2) is 4.98 Å². The van der Waals surface area contributed by atoms with Gasteiger partial charge in [-0.05, 0) is 46.8 Å². The van der Waals surface area contributed by atoms with Gasteiger partial charge in [0.1, 0.15) is 15.9 Å². The molecule has 31 heavy (non-hydrogen) atoms. The summed E-state index contributed by atoms with van der Waals surface area (Å²) in [5.74, 6) is 0. The van der Waals surface area contributed by atoms with Gasteiger partial charge < -0.3 is 18.6 Å². The second kappa shape index (κ2) is 8.57. The zero-order valence-corrected chi connectivity index (χ0v) is 22.4. The molecular formula is C21H29ClIN3O4Si.